The quantitative estimate of drug-likeness (QED) is 0.270. The van der Waals surface area contributed by atoms with Gasteiger partial charge in [0.25, 0.3) is 5.91 Å². The molecular weight excluding hydrogens is 436 g/mol. The molecule has 1 N–H and O–H groups in total. The van der Waals surface area contributed by atoms with Gasteiger partial charge in [-0.1, -0.05) is 42.8 Å². The number of carbonyl (C=O) groups excluding carboxylic acids is 1. The van der Waals surface area contributed by atoms with Crippen LogP contribution in [0.5, 0.6) is 5.75 Å². The highest BCUT2D eigenvalue weighted by Crippen LogP contribution is 2.25. The molecule has 166 valence electrons. The average molecular weight is 459 g/mol. The van der Waals surface area contributed by atoms with Gasteiger partial charge in [0.15, 0.2) is 0 Å². The molecule has 0 fully saturated rings. The summed E-state index contributed by atoms with van der Waals surface area (Å²) in [6.45, 7) is 2.74. The van der Waals surface area contributed by atoms with Crippen LogP contribution < -0.4 is 10.2 Å². The molecule has 0 saturated heterocycles. The van der Waals surface area contributed by atoms with Gasteiger partial charge in [-0.25, -0.2) is 10.1 Å². The van der Waals surface area contributed by atoms with Crippen molar-refractivity contribution in [1.29, 1.82) is 0 Å². The van der Waals surface area contributed by atoms with Crippen molar-refractivity contribution in [3.8, 4) is 22.7 Å². The second-order valence-electron chi connectivity index (χ2n) is 7.30. The first-order chi connectivity index (χ1) is 16.1. The van der Waals surface area contributed by atoms with E-state index in [-0.39, 0.29) is 5.91 Å². The standard InChI is InChI=1S/C26H23ClN4O2/c1-2-15-33-24-13-11-19(12-14-24)25-21(18-31(30-25)23-9-4-3-5-10-23)17-28-29-26(32)20-7-6-8-22(27)16-20/h3-14,16-18H,2,15H2,1H3,(H,29,32)/b28-17-. The van der Waals surface area contributed by atoms with Crippen molar-refractivity contribution in [2.45, 2.75) is 13.3 Å². The van der Waals surface area contributed by atoms with Crippen LogP contribution in [0.2, 0.25) is 5.02 Å². The Labute approximate surface area is 197 Å². The molecule has 1 amide bonds. The third-order valence-corrected chi connectivity index (χ3v) is 5.06. The van der Waals surface area contributed by atoms with Crippen LogP contribution >= 0.6 is 11.6 Å². The van der Waals surface area contributed by atoms with Crippen molar-refractivity contribution in [2.24, 2.45) is 5.10 Å². The van der Waals surface area contributed by atoms with Gasteiger partial charge < -0.3 is 4.74 Å². The molecule has 33 heavy (non-hydrogen) atoms. The van der Waals surface area contributed by atoms with Gasteiger partial charge in [0.05, 0.1) is 18.5 Å². The van der Waals surface area contributed by atoms with Crippen LogP contribution in [0.1, 0.15) is 29.3 Å². The van der Waals surface area contributed by atoms with E-state index in [1.54, 1.807) is 35.2 Å². The first kappa shape index (κ1) is 22.3. The lowest BCUT2D eigenvalue weighted by atomic mass is 10.1. The molecular formula is C26H23ClN4O2. The number of hydrogen-bond acceptors (Lipinski definition) is 4. The van der Waals surface area contributed by atoms with E-state index in [2.05, 4.69) is 17.5 Å². The monoisotopic (exact) mass is 458 g/mol. The zero-order valence-electron chi connectivity index (χ0n) is 18.1. The predicted octanol–water partition coefficient (Wildman–Crippen LogP) is 5.75. The molecule has 0 aliphatic rings. The Morgan fingerprint density at radius 2 is 1.88 bits per heavy atom. The largest absolute Gasteiger partial charge is 0.494 e. The summed E-state index contributed by atoms with van der Waals surface area (Å²) in [6.07, 6.45) is 4.41. The highest BCUT2D eigenvalue weighted by atomic mass is 35.5. The summed E-state index contributed by atoms with van der Waals surface area (Å²) in [5.41, 5.74) is 6.31. The van der Waals surface area contributed by atoms with Gasteiger partial charge in [0.2, 0.25) is 0 Å². The topological polar surface area (TPSA) is 68.5 Å². The number of ether oxygens (including phenoxy) is 1. The van der Waals surface area contributed by atoms with E-state index in [0.717, 1.165) is 34.7 Å². The molecule has 6 nitrogen and oxygen atoms in total. The predicted molar refractivity (Wildman–Crippen MR) is 131 cm³/mol. The molecule has 0 bridgehead atoms. The first-order valence-corrected chi connectivity index (χ1v) is 11.0. The zero-order chi connectivity index (χ0) is 23.0. The fourth-order valence-corrected chi connectivity index (χ4v) is 3.39. The van der Waals surface area contributed by atoms with Gasteiger partial charge in [-0.2, -0.15) is 10.2 Å². The number of halogens is 1. The molecule has 1 aromatic heterocycles. The Morgan fingerprint density at radius 1 is 1.09 bits per heavy atom. The van der Waals surface area contributed by atoms with Crippen molar-refractivity contribution >= 4 is 23.7 Å². The van der Waals surface area contributed by atoms with E-state index in [0.29, 0.717) is 17.2 Å². The SMILES string of the molecule is CCCOc1ccc(-c2nn(-c3ccccc3)cc2/C=N\NC(=O)c2cccc(Cl)c2)cc1. The summed E-state index contributed by atoms with van der Waals surface area (Å²) in [5.74, 6) is 0.468. The number of amides is 1. The second-order valence-corrected chi connectivity index (χ2v) is 7.73. The maximum absolute atomic E-state index is 12.4. The minimum atomic E-state index is -0.344. The van der Waals surface area contributed by atoms with Crippen LogP contribution in [-0.4, -0.2) is 28.5 Å². The van der Waals surface area contributed by atoms with Crippen molar-refractivity contribution < 1.29 is 9.53 Å². The van der Waals surface area contributed by atoms with E-state index in [9.17, 15) is 4.79 Å². The smallest absolute Gasteiger partial charge is 0.271 e. The van der Waals surface area contributed by atoms with Gasteiger partial charge in [-0.05, 0) is 61.0 Å². The third-order valence-electron chi connectivity index (χ3n) is 4.82. The number of hydrazone groups is 1. The number of para-hydroxylation sites is 1. The van der Waals surface area contributed by atoms with E-state index in [1.165, 1.54) is 0 Å². The molecule has 0 spiro atoms. The molecule has 4 aromatic rings. The zero-order valence-corrected chi connectivity index (χ0v) is 18.9. The minimum absolute atomic E-state index is 0.344. The Hall–Kier alpha value is -3.90. The van der Waals surface area contributed by atoms with Crippen LogP contribution in [0.15, 0.2) is 90.2 Å². The molecule has 1 heterocycles. The van der Waals surface area contributed by atoms with Crippen molar-refractivity contribution in [2.75, 3.05) is 6.61 Å². The van der Waals surface area contributed by atoms with Crippen molar-refractivity contribution in [1.82, 2.24) is 15.2 Å². The molecule has 3 aromatic carbocycles. The first-order valence-electron chi connectivity index (χ1n) is 10.6. The van der Waals surface area contributed by atoms with E-state index in [1.807, 2.05) is 60.8 Å². The second kappa shape index (κ2) is 10.6. The number of aromatic nitrogens is 2. The lowest BCUT2D eigenvalue weighted by Crippen LogP contribution is -2.17. The third kappa shape index (κ3) is 5.67. The fraction of sp³-hybridized carbons (Fsp3) is 0.115. The summed E-state index contributed by atoms with van der Waals surface area (Å²) >= 11 is 5.97. The number of benzene rings is 3. The Morgan fingerprint density at radius 3 is 2.61 bits per heavy atom. The molecule has 7 heteroatoms. The molecule has 0 atom stereocenters. The lowest BCUT2D eigenvalue weighted by Gasteiger charge is -2.05. The molecule has 0 saturated carbocycles. The minimum Gasteiger partial charge on any atom is -0.494 e. The van der Waals surface area contributed by atoms with Gasteiger partial charge >= 0.3 is 0 Å². The maximum Gasteiger partial charge on any atom is 0.271 e. The van der Waals surface area contributed by atoms with E-state index >= 15 is 0 Å². The van der Waals surface area contributed by atoms with Crippen LogP contribution in [0.4, 0.5) is 0 Å². The van der Waals surface area contributed by atoms with Crippen LogP contribution in [0.25, 0.3) is 16.9 Å². The van der Waals surface area contributed by atoms with Crippen LogP contribution in [-0.2, 0) is 0 Å². The van der Waals surface area contributed by atoms with Gasteiger partial charge in [0.1, 0.15) is 11.4 Å². The number of nitrogens with zero attached hydrogens (tertiary/aromatic N) is 3. The van der Waals surface area contributed by atoms with Crippen molar-refractivity contribution in [3.63, 3.8) is 0 Å². The highest BCUT2D eigenvalue weighted by molar-refractivity contribution is 6.30. The Balaban J connectivity index is 1.61. The number of hydrogen-bond donors (Lipinski definition) is 1. The lowest BCUT2D eigenvalue weighted by molar-refractivity contribution is 0.0955. The number of carbonyl (C=O) groups is 1. The average Bonchev–Trinajstić information content (AvgIpc) is 3.28. The van der Waals surface area contributed by atoms with Gasteiger partial charge in [-0.15, -0.1) is 0 Å². The molecule has 0 unspecified atom stereocenters. The molecule has 0 aliphatic heterocycles. The summed E-state index contributed by atoms with van der Waals surface area (Å²) in [7, 11) is 0. The molecule has 0 aliphatic carbocycles. The maximum atomic E-state index is 12.4. The van der Waals surface area contributed by atoms with E-state index < -0.39 is 0 Å². The normalized spacial score (nSPS) is 11.0. The molecule has 4 rings (SSSR count). The van der Waals surface area contributed by atoms with E-state index in [4.69, 9.17) is 21.4 Å². The highest BCUT2D eigenvalue weighted by Gasteiger charge is 2.12. The van der Waals surface area contributed by atoms with Crippen molar-refractivity contribution in [3.05, 3.63) is 101 Å². The van der Waals surface area contributed by atoms with Gasteiger partial charge in [-0.3, -0.25) is 4.79 Å². The van der Waals surface area contributed by atoms with Crippen LogP contribution in [0, 0.1) is 0 Å². The number of nitrogens with one attached hydrogen (secondary N) is 1. The Bertz CT molecular complexity index is 1250. The Kier molecular flexibility index (Phi) is 7.17. The number of rotatable bonds is 8. The van der Waals surface area contributed by atoms with Gasteiger partial charge in [0, 0.05) is 27.9 Å². The molecule has 0 radical (unpaired) electrons. The fourth-order valence-electron chi connectivity index (χ4n) is 3.20. The summed E-state index contributed by atoms with van der Waals surface area (Å²) in [6, 6.07) is 24.3. The summed E-state index contributed by atoms with van der Waals surface area (Å²) in [4.78, 5) is 12.4. The summed E-state index contributed by atoms with van der Waals surface area (Å²) < 4.78 is 7.47. The van der Waals surface area contributed by atoms with Crippen LogP contribution in [0.3, 0.4) is 0 Å². The summed E-state index contributed by atoms with van der Waals surface area (Å²) in [5, 5.41) is 9.41.